The Balaban J connectivity index is 1.84. The SMILES string of the molecule is COC(CNC(=O)c1sc2nc(-c3ccccc3)cc(-c3ccc(C)cc3)c2c1N)OC. The van der Waals surface area contributed by atoms with E-state index in [0.29, 0.717) is 10.6 Å². The zero-order valence-corrected chi connectivity index (χ0v) is 19.0. The molecule has 7 heteroatoms. The smallest absolute Gasteiger partial charge is 0.263 e. The van der Waals surface area contributed by atoms with Gasteiger partial charge in [0, 0.05) is 25.2 Å². The number of hydrogen-bond donors (Lipinski definition) is 2. The third-order valence-electron chi connectivity index (χ3n) is 5.29. The number of nitrogens with two attached hydrogens (primary N) is 1. The topological polar surface area (TPSA) is 86.5 Å². The van der Waals surface area contributed by atoms with Crippen molar-refractivity contribution in [2.24, 2.45) is 0 Å². The Morgan fingerprint density at radius 1 is 1.06 bits per heavy atom. The van der Waals surface area contributed by atoms with Crippen LogP contribution in [0.3, 0.4) is 0 Å². The fourth-order valence-electron chi connectivity index (χ4n) is 3.53. The van der Waals surface area contributed by atoms with Crippen LogP contribution < -0.4 is 11.1 Å². The summed E-state index contributed by atoms with van der Waals surface area (Å²) in [6.07, 6.45) is -0.527. The normalized spacial score (nSPS) is 11.2. The van der Waals surface area contributed by atoms with Gasteiger partial charge >= 0.3 is 0 Å². The first-order valence-electron chi connectivity index (χ1n) is 10.2. The van der Waals surface area contributed by atoms with Crippen LogP contribution in [0, 0.1) is 6.92 Å². The minimum Gasteiger partial charge on any atom is -0.397 e. The van der Waals surface area contributed by atoms with Crippen LogP contribution in [0.25, 0.3) is 32.6 Å². The van der Waals surface area contributed by atoms with Crippen LogP contribution >= 0.6 is 11.3 Å². The molecule has 2 heterocycles. The largest absolute Gasteiger partial charge is 0.397 e. The number of aryl methyl sites for hydroxylation is 1. The summed E-state index contributed by atoms with van der Waals surface area (Å²) in [6, 6.07) is 20.3. The van der Waals surface area contributed by atoms with Crippen molar-refractivity contribution < 1.29 is 14.3 Å². The van der Waals surface area contributed by atoms with E-state index < -0.39 is 6.29 Å². The van der Waals surface area contributed by atoms with Crippen molar-refractivity contribution in [3.8, 4) is 22.4 Å². The lowest BCUT2D eigenvalue weighted by Crippen LogP contribution is -2.34. The molecule has 0 spiro atoms. The Kier molecular flexibility index (Phi) is 6.50. The minimum absolute atomic E-state index is 0.215. The second-order valence-corrected chi connectivity index (χ2v) is 8.42. The number of anilines is 1. The summed E-state index contributed by atoms with van der Waals surface area (Å²) in [5, 5.41) is 3.62. The molecule has 0 bridgehead atoms. The second kappa shape index (κ2) is 9.48. The fourth-order valence-corrected chi connectivity index (χ4v) is 4.56. The van der Waals surface area contributed by atoms with Crippen molar-refractivity contribution in [1.82, 2.24) is 10.3 Å². The third kappa shape index (κ3) is 4.36. The molecule has 0 aliphatic rings. The predicted octanol–water partition coefficient (Wildman–Crippen LogP) is 4.87. The van der Waals surface area contributed by atoms with Gasteiger partial charge in [0.2, 0.25) is 0 Å². The Morgan fingerprint density at radius 3 is 2.41 bits per heavy atom. The Hall–Kier alpha value is -3.26. The Morgan fingerprint density at radius 2 is 1.75 bits per heavy atom. The second-order valence-electron chi connectivity index (χ2n) is 7.42. The number of carbonyl (C=O) groups is 1. The standard InChI is InChI=1S/C25H25N3O3S/c1-15-9-11-16(12-10-15)18-13-19(17-7-5-4-6-8-17)28-25-21(18)22(26)23(32-25)24(29)27-14-20(30-2)31-3/h4-13,20H,14,26H2,1-3H3,(H,27,29). The van der Waals surface area contributed by atoms with Crippen LogP contribution in [0.15, 0.2) is 60.7 Å². The first kappa shape index (κ1) is 22.0. The number of pyridine rings is 1. The Labute approximate surface area is 191 Å². The van der Waals surface area contributed by atoms with E-state index in [2.05, 4.69) is 36.5 Å². The van der Waals surface area contributed by atoms with Crippen molar-refractivity contribution >= 4 is 33.1 Å². The number of nitrogens with zero attached hydrogens (tertiary/aromatic N) is 1. The highest BCUT2D eigenvalue weighted by molar-refractivity contribution is 7.21. The molecular formula is C25H25N3O3S. The van der Waals surface area contributed by atoms with Gasteiger partial charge in [-0.25, -0.2) is 4.98 Å². The maximum Gasteiger partial charge on any atom is 0.263 e. The number of aromatic nitrogens is 1. The van der Waals surface area contributed by atoms with Gasteiger partial charge < -0.3 is 20.5 Å². The van der Waals surface area contributed by atoms with E-state index in [0.717, 1.165) is 32.6 Å². The number of hydrogen-bond acceptors (Lipinski definition) is 6. The summed E-state index contributed by atoms with van der Waals surface area (Å²) in [5.41, 5.74) is 11.9. The number of fused-ring (bicyclic) bond motifs is 1. The minimum atomic E-state index is -0.527. The average molecular weight is 448 g/mol. The molecule has 3 N–H and O–H groups in total. The van der Waals surface area contributed by atoms with Crippen LogP contribution in [0.5, 0.6) is 0 Å². The molecule has 2 aromatic carbocycles. The van der Waals surface area contributed by atoms with Gasteiger partial charge in [-0.2, -0.15) is 0 Å². The fraction of sp³-hybridized carbons (Fsp3) is 0.200. The first-order chi connectivity index (χ1) is 15.5. The maximum absolute atomic E-state index is 12.9. The molecule has 2 aromatic heterocycles. The van der Waals surface area contributed by atoms with Crippen molar-refractivity contribution in [3.63, 3.8) is 0 Å². The van der Waals surface area contributed by atoms with Crippen molar-refractivity contribution in [2.45, 2.75) is 13.2 Å². The number of benzene rings is 2. The zero-order valence-electron chi connectivity index (χ0n) is 18.2. The number of methoxy groups -OCH3 is 2. The lowest BCUT2D eigenvalue weighted by atomic mass is 9.99. The molecule has 0 aliphatic carbocycles. The monoisotopic (exact) mass is 447 g/mol. The van der Waals surface area contributed by atoms with E-state index >= 15 is 0 Å². The van der Waals surface area contributed by atoms with E-state index in [4.69, 9.17) is 20.2 Å². The van der Waals surface area contributed by atoms with Crippen LogP contribution in [0.1, 0.15) is 15.2 Å². The summed E-state index contributed by atoms with van der Waals surface area (Å²) in [5.74, 6) is -0.277. The summed E-state index contributed by atoms with van der Waals surface area (Å²) in [4.78, 5) is 18.9. The van der Waals surface area contributed by atoms with Gasteiger partial charge in [-0.15, -0.1) is 11.3 Å². The quantitative estimate of drug-likeness (QED) is 0.395. The third-order valence-corrected chi connectivity index (χ3v) is 6.39. The zero-order chi connectivity index (χ0) is 22.7. The molecule has 0 aliphatic heterocycles. The van der Waals surface area contributed by atoms with Crippen LogP contribution in [-0.2, 0) is 9.47 Å². The number of nitrogen functional groups attached to an aromatic ring is 1. The summed E-state index contributed by atoms with van der Waals surface area (Å²) >= 11 is 1.29. The highest BCUT2D eigenvalue weighted by Crippen LogP contribution is 2.41. The van der Waals surface area contributed by atoms with E-state index in [1.807, 2.05) is 36.4 Å². The number of thiophene rings is 1. The average Bonchev–Trinajstić information content (AvgIpc) is 3.16. The molecule has 4 rings (SSSR count). The lowest BCUT2D eigenvalue weighted by Gasteiger charge is -2.13. The van der Waals surface area contributed by atoms with Crippen molar-refractivity contribution in [3.05, 3.63) is 71.1 Å². The molecule has 0 saturated carbocycles. The maximum atomic E-state index is 12.9. The van der Waals surface area contributed by atoms with Gasteiger partial charge in [0.25, 0.3) is 5.91 Å². The molecule has 0 unspecified atom stereocenters. The van der Waals surface area contributed by atoms with E-state index in [1.165, 1.54) is 31.1 Å². The van der Waals surface area contributed by atoms with Crippen molar-refractivity contribution in [2.75, 3.05) is 26.5 Å². The van der Waals surface area contributed by atoms with E-state index in [-0.39, 0.29) is 12.5 Å². The molecule has 0 fully saturated rings. The Bertz CT molecular complexity index is 1230. The van der Waals surface area contributed by atoms with Crippen LogP contribution in [0.4, 0.5) is 5.69 Å². The van der Waals surface area contributed by atoms with Gasteiger partial charge in [0.05, 0.1) is 17.9 Å². The molecular weight excluding hydrogens is 422 g/mol. The molecule has 0 radical (unpaired) electrons. The van der Waals surface area contributed by atoms with Crippen LogP contribution in [0.2, 0.25) is 0 Å². The first-order valence-corrected chi connectivity index (χ1v) is 11.0. The van der Waals surface area contributed by atoms with E-state index in [1.54, 1.807) is 0 Å². The number of ether oxygens (including phenoxy) is 2. The highest BCUT2D eigenvalue weighted by atomic mass is 32.1. The van der Waals surface area contributed by atoms with Crippen LogP contribution in [-0.4, -0.2) is 37.9 Å². The van der Waals surface area contributed by atoms with Gasteiger partial charge in [-0.3, -0.25) is 4.79 Å². The molecule has 1 amide bonds. The molecule has 6 nitrogen and oxygen atoms in total. The molecule has 0 saturated heterocycles. The van der Waals surface area contributed by atoms with Gasteiger partial charge in [-0.05, 0) is 24.1 Å². The molecule has 32 heavy (non-hydrogen) atoms. The molecule has 4 aromatic rings. The number of carbonyl (C=O) groups excluding carboxylic acids is 1. The molecule has 164 valence electrons. The summed E-state index contributed by atoms with van der Waals surface area (Å²) in [6.45, 7) is 2.27. The molecule has 0 atom stereocenters. The predicted molar refractivity (Wildman–Crippen MR) is 130 cm³/mol. The number of nitrogens with one attached hydrogen (secondary N) is 1. The summed E-state index contributed by atoms with van der Waals surface area (Å²) in [7, 11) is 3.05. The van der Waals surface area contributed by atoms with Gasteiger partial charge in [0.15, 0.2) is 6.29 Å². The van der Waals surface area contributed by atoms with Gasteiger partial charge in [-0.1, -0.05) is 60.2 Å². The van der Waals surface area contributed by atoms with Crippen molar-refractivity contribution in [1.29, 1.82) is 0 Å². The van der Waals surface area contributed by atoms with Gasteiger partial charge in [0.1, 0.15) is 9.71 Å². The summed E-state index contributed by atoms with van der Waals surface area (Å²) < 4.78 is 10.3. The number of amides is 1. The highest BCUT2D eigenvalue weighted by Gasteiger charge is 2.22. The lowest BCUT2D eigenvalue weighted by molar-refractivity contribution is -0.0974. The number of rotatable bonds is 7. The van der Waals surface area contributed by atoms with E-state index in [9.17, 15) is 4.79 Å².